The Morgan fingerprint density at radius 1 is 1.25 bits per heavy atom. The summed E-state index contributed by atoms with van der Waals surface area (Å²) in [7, 11) is -5.67. The molecule has 2 heterocycles. The highest BCUT2D eigenvalue weighted by molar-refractivity contribution is 9.09. The van der Waals surface area contributed by atoms with Gasteiger partial charge in [0.1, 0.15) is 0 Å². The number of rotatable bonds is 1. The van der Waals surface area contributed by atoms with Gasteiger partial charge in [-0.25, -0.2) is 8.42 Å². The zero-order valence-electron chi connectivity index (χ0n) is 13.8. The van der Waals surface area contributed by atoms with Gasteiger partial charge in [0.2, 0.25) is 0 Å². The van der Waals surface area contributed by atoms with Crippen LogP contribution in [0.4, 0.5) is 13.2 Å². The molecule has 2 aliphatic rings. The Morgan fingerprint density at radius 2 is 1.75 bits per heavy atom. The van der Waals surface area contributed by atoms with E-state index < -0.39 is 49.4 Å². The standard InChI is InChI=1S/C14H19BrF3NO4S/c1-12(2,3)7-6-8-19(24(21,22)14(16,17)18)10(9(7)15)13(4,5)11(20)23-8/h6,8-10H,1-5H3/t8-,9-,10-/m1/s1. The maximum Gasteiger partial charge on any atom is 0.511 e. The van der Waals surface area contributed by atoms with E-state index in [2.05, 4.69) is 15.9 Å². The zero-order valence-corrected chi connectivity index (χ0v) is 16.2. The lowest BCUT2D eigenvalue weighted by Crippen LogP contribution is -2.68. The summed E-state index contributed by atoms with van der Waals surface area (Å²) in [6.07, 6.45) is -0.322. The van der Waals surface area contributed by atoms with Crippen LogP contribution >= 0.6 is 15.9 Å². The van der Waals surface area contributed by atoms with Crippen LogP contribution < -0.4 is 0 Å². The summed E-state index contributed by atoms with van der Waals surface area (Å²) in [6, 6.07) is -1.26. The van der Waals surface area contributed by atoms with E-state index in [-0.39, 0.29) is 4.31 Å². The van der Waals surface area contributed by atoms with Crippen LogP contribution in [0.1, 0.15) is 34.6 Å². The fourth-order valence-corrected chi connectivity index (χ4v) is 6.21. The molecule has 2 rings (SSSR count). The minimum absolute atomic E-state index is 0.267. The fourth-order valence-electron chi connectivity index (χ4n) is 3.00. The summed E-state index contributed by atoms with van der Waals surface area (Å²) in [5, 5.41) is 0. The number of nitrogens with zero attached hydrogens (tertiary/aromatic N) is 1. The number of halogens is 4. The Morgan fingerprint density at radius 3 is 2.17 bits per heavy atom. The minimum Gasteiger partial charge on any atom is -0.441 e. The number of esters is 1. The fraction of sp³-hybridized carbons (Fsp3) is 0.786. The van der Waals surface area contributed by atoms with Crippen molar-refractivity contribution in [2.75, 3.05) is 0 Å². The number of alkyl halides is 4. The van der Waals surface area contributed by atoms with Crippen molar-refractivity contribution in [3.8, 4) is 0 Å². The minimum atomic E-state index is -5.67. The molecule has 0 aliphatic carbocycles. The number of carbonyl (C=O) groups excluding carboxylic acids is 1. The first kappa shape index (κ1) is 19.7. The van der Waals surface area contributed by atoms with Crippen molar-refractivity contribution in [1.82, 2.24) is 4.31 Å². The number of hydrogen-bond acceptors (Lipinski definition) is 4. The molecule has 0 radical (unpaired) electrons. The van der Waals surface area contributed by atoms with Gasteiger partial charge in [-0.05, 0) is 30.9 Å². The Labute approximate surface area is 147 Å². The molecular weight excluding hydrogens is 415 g/mol. The molecule has 138 valence electrons. The molecule has 2 bridgehead atoms. The maximum atomic E-state index is 13.1. The maximum absolute atomic E-state index is 13.1. The van der Waals surface area contributed by atoms with E-state index in [0.29, 0.717) is 5.57 Å². The first-order chi connectivity index (χ1) is 10.5. The predicted molar refractivity (Wildman–Crippen MR) is 84.5 cm³/mol. The highest BCUT2D eigenvalue weighted by atomic mass is 79.9. The molecule has 0 aromatic heterocycles. The lowest BCUT2D eigenvalue weighted by molar-refractivity contribution is -0.183. The molecule has 1 fully saturated rings. The predicted octanol–water partition coefficient (Wildman–Crippen LogP) is 3.17. The van der Waals surface area contributed by atoms with Crippen molar-refractivity contribution in [2.45, 2.75) is 57.2 Å². The molecule has 0 unspecified atom stereocenters. The molecule has 0 aromatic rings. The molecule has 0 amide bonds. The highest BCUT2D eigenvalue weighted by Crippen LogP contribution is 2.50. The zero-order chi connectivity index (χ0) is 18.9. The third-order valence-electron chi connectivity index (χ3n) is 4.35. The lowest BCUT2D eigenvalue weighted by Gasteiger charge is -2.53. The second-order valence-corrected chi connectivity index (χ2v) is 10.3. The molecule has 0 N–H and O–H groups in total. The summed E-state index contributed by atoms with van der Waals surface area (Å²) in [4.78, 5) is 11.4. The van der Waals surface area contributed by atoms with Crippen molar-refractivity contribution in [2.24, 2.45) is 10.8 Å². The van der Waals surface area contributed by atoms with Crippen LogP contribution in [0.15, 0.2) is 11.6 Å². The average molecular weight is 434 g/mol. The van der Waals surface area contributed by atoms with Gasteiger partial charge < -0.3 is 4.74 Å². The van der Waals surface area contributed by atoms with Gasteiger partial charge in [-0.2, -0.15) is 13.2 Å². The van der Waals surface area contributed by atoms with Crippen LogP contribution in [0.25, 0.3) is 0 Å². The second kappa shape index (κ2) is 5.44. The number of carbonyl (C=O) groups is 1. The summed E-state index contributed by atoms with van der Waals surface area (Å²) in [6.45, 7) is 8.33. The second-order valence-electron chi connectivity index (χ2n) is 7.52. The molecule has 3 atom stereocenters. The van der Waals surface area contributed by atoms with Gasteiger partial charge in [0, 0.05) is 0 Å². The van der Waals surface area contributed by atoms with E-state index in [1.165, 1.54) is 19.9 Å². The normalized spacial score (nSPS) is 31.5. The van der Waals surface area contributed by atoms with E-state index in [0.717, 1.165) is 0 Å². The summed E-state index contributed by atoms with van der Waals surface area (Å²) in [5.41, 5.74) is -6.69. The summed E-state index contributed by atoms with van der Waals surface area (Å²) < 4.78 is 68.8. The van der Waals surface area contributed by atoms with Crippen molar-refractivity contribution in [3.63, 3.8) is 0 Å². The van der Waals surface area contributed by atoms with Gasteiger partial charge in [-0.3, -0.25) is 4.79 Å². The first-order valence-electron chi connectivity index (χ1n) is 7.20. The summed E-state index contributed by atoms with van der Waals surface area (Å²) in [5.74, 6) is -0.736. The third-order valence-corrected chi connectivity index (χ3v) is 6.92. The van der Waals surface area contributed by atoms with E-state index in [9.17, 15) is 26.4 Å². The number of sulfonamides is 1. The molecule has 0 aromatic carbocycles. The quantitative estimate of drug-likeness (QED) is 0.362. The van der Waals surface area contributed by atoms with Crippen LogP contribution in [0.3, 0.4) is 0 Å². The molecule has 0 saturated carbocycles. The average Bonchev–Trinajstić information content (AvgIpc) is 2.35. The van der Waals surface area contributed by atoms with Gasteiger partial charge in [0.15, 0.2) is 6.23 Å². The molecular formula is C14H19BrF3NO4S. The van der Waals surface area contributed by atoms with Gasteiger partial charge in [0.25, 0.3) is 0 Å². The highest BCUT2D eigenvalue weighted by Gasteiger charge is 2.64. The van der Waals surface area contributed by atoms with Gasteiger partial charge in [-0.1, -0.05) is 36.7 Å². The largest absolute Gasteiger partial charge is 0.511 e. The van der Waals surface area contributed by atoms with E-state index in [1.54, 1.807) is 0 Å². The van der Waals surface area contributed by atoms with Gasteiger partial charge in [-0.15, -0.1) is 4.31 Å². The monoisotopic (exact) mass is 433 g/mol. The smallest absolute Gasteiger partial charge is 0.441 e. The number of fused-ring (bicyclic) bond motifs is 2. The van der Waals surface area contributed by atoms with Gasteiger partial charge >= 0.3 is 21.5 Å². The Balaban J connectivity index is 2.72. The van der Waals surface area contributed by atoms with E-state index >= 15 is 0 Å². The molecule has 5 nitrogen and oxygen atoms in total. The van der Waals surface area contributed by atoms with Crippen molar-refractivity contribution in [1.29, 1.82) is 0 Å². The van der Waals surface area contributed by atoms with E-state index in [4.69, 9.17) is 4.74 Å². The Kier molecular flexibility index (Phi) is 4.47. The first-order valence-corrected chi connectivity index (χ1v) is 9.55. The topological polar surface area (TPSA) is 63.7 Å². The van der Waals surface area contributed by atoms with E-state index in [1.807, 2.05) is 20.8 Å². The molecule has 24 heavy (non-hydrogen) atoms. The van der Waals surface area contributed by atoms with Crippen LogP contribution in [0.5, 0.6) is 0 Å². The van der Waals surface area contributed by atoms with Crippen molar-refractivity contribution < 1.29 is 31.1 Å². The molecule has 0 spiro atoms. The van der Waals surface area contributed by atoms with Crippen molar-refractivity contribution >= 4 is 31.9 Å². The van der Waals surface area contributed by atoms with Crippen LogP contribution in [-0.4, -0.2) is 41.3 Å². The number of hydrogen-bond donors (Lipinski definition) is 0. The molecule has 2 aliphatic heterocycles. The van der Waals surface area contributed by atoms with Crippen LogP contribution in [0.2, 0.25) is 0 Å². The third kappa shape index (κ3) is 2.80. The Bertz CT molecular complexity index is 694. The van der Waals surface area contributed by atoms with Crippen molar-refractivity contribution in [3.05, 3.63) is 11.6 Å². The molecule has 1 saturated heterocycles. The lowest BCUT2D eigenvalue weighted by atomic mass is 9.72. The molecule has 10 heteroatoms. The van der Waals surface area contributed by atoms with Gasteiger partial charge in [0.05, 0.1) is 16.3 Å². The van der Waals surface area contributed by atoms with Crippen LogP contribution in [0, 0.1) is 10.8 Å². The SMILES string of the molecule is CC(C)(C)C1=C[C@H]2OC(=O)C(C)(C)[C@@H]([C@@H]1Br)N2S(=O)(=O)C(F)(F)F. The van der Waals surface area contributed by atoms with Crippen LogP contribution in [-0.2, 0) is 19.6 Å². The number of ether oxygens (including phenoxy) is 1. The Hall–Kier alpha value is -0.610. The summed E-state index contributed by atoms with van der Waals surface area (Å²) >= 11 is 3.33.